The van der Waals surface area contributed by atoms with Crippen molar-refractivity contribution in [3.05, 3.63) is 64.7 Å². The normalized spacial score (nSPS) is 20.2. The minimum Gasteiger partial charge on any atom is -0.354 e. The first kappa shape index (κ1) is 19.7. The van der Waals surface area contributed by atoms with Crippen molar-refractivity contribution in [3.63, 3.8) is 0 Å². The molecule has 4 amide bonds. The van der Waals surface area contributed by atoms with E-state index in [1.54, 1.807) is 11.3 Å². The van der Waals surface area contributed by atoms with Crippen LogP contribution in [0.4, 0.5) is 4.79 Å². The fourth-order valence-corrected chi connectivity index (χ4v) is 5.46. The van der Waals surface area contributed by atoms with Crippen LogP contribution in [-0.4, -0.2) is 40.8 Å². The first-order valence-corrected chi connectivity index (χ1v) is 11.2. The van der Waals surface area contributed by atoms with E-state index in [9.17, 15) is 14.4 Å². The van der Waals surface area contributed by atoms with Gasteiger partial charge in [0.05, 0.1) is 15.2 Å². The van der Waals surface area contributed by atoms with E-state index in [0.29, 0.717) is 19.4 Å². The summed E-state index contributed by atoms with van der Waals surface area (Å²) in [5.74, 6) is -0.697. The molecule has 0 saturated carbocycles. The van der Waals surface area contributed by atoms with Crippen molar-refractivity contribution >= 4 is 39.4 Å². The number of hydrogen-bond acceptors (Lipinski definition) is 5. The zero-order chi connectivity index (χ0) is 21.4. The highest BCUT2D eigenvalue weighted by atomic mass is 32.1. The largest absolute Gasteiger partial charge is 0.354 e. The number of para-hydroxylation sites is 1. The van der Waals surface area contributed by atoms with Gasteiger partial charge < -0.3 is 10.6 Å². The molecule has 31 heavy (non-hydrogen) atoms. The maximum Gasteiger partial charge on any atom is 0.325 e. The molecule has 1 aliphatic carbocycles. The van der Waals surface area contributed by atoms with Crippen LogP contribution in [0.3, 0.4) is 0 Å². The molecular weight excluding hydrogens is 412 g/mol. The van der Waals surface area contributed by atoms with Gasteiger partial charge in [-0.1, -0.05) is 36.4 Å². The number of aromatic nitrogens is 1. The Hall–Kier alpha value is -3.26. The molecule has 7 nitrogen and oxygen atoms in total. The van der Waals surface area contributed by atoms with Gasteiger partial charge in [-0.05, 0) is 42.5 Å². The number of aryl methyl sites for hydroxylation is 1. The number of amides is 4. The molecule has 1 aromatic heterocycles. The van der Waals surface area contributed by atoms with Crippen molar-refractivity contribution in [2.24, 2.45) is 0 Å². The smallest absolute Gasteiger partial charge is 0.325 e. The molecule has 0 bridgehead atoms. The van der Waals surface area contributed by atoms with Gasteiger partial charge in [0.2, 0.25) is 5.91 Å². The number of fused-ring (bicyclic) bond motifs is 3. The van der Waals surface area contributed by atoms with Gasteiger partial charge >= 0.3 is 6.03 Å². The fourth-order valence-electron chi connectivity index (χ4n) is 4.49. The summed E-state index contributed by atoms with van der Waals surface area (Å²) in [6, 6.07) is 15.1. The molecule has 1 spiro atoms. The molecule has 2 aromatic carbocycles. The molecule has 3 aromatic rings. The van der Waals surface area contributed by atoms with E-state index in [4.69, 9.17) is 0 Å². The average molecular weight is 435 g/mol. The second-order valence-corrected chi connectivity index (χ2v) is 9.03. The molecule has 158 valence electrons. The molecule has 5 rings (SSSR count). The lowest BCUT2D eigenvalue weighted by Gasteiger charge is -2.33. The molecule has 2 aliphatic rings. The van der Waals surface area contributed by atoms with Gasteiger partial charge in [-0.3, -0.25) is 14.5 Å². The molecule has 1 saturated heterocycles. The van der Waals surface area contributed by atoms with Gasteiger partial charge in [0, 0.05) is 13.0 Å². The molecule has 1 aliphatic heterocycles. The van der Waals surface area contributed by atoms with Crippen LogP contribution in [0.1, 0.15) is 29.0 Å². The van der Waals surface area contributed by atoms with Crippen LogP contribution < -0.4 is 10.6 Å². The van der Waals surface area contributed by atoms with Crippen molar-refractivity contribution in [1.29, 1.82) is 0 Å². The molecule has 8 heteroatoms. The molecule has 1 unspecified atom stereocenters. The van der Waals surface area contributed by atoms with Gasteiger partial charge in [-0.2, -0.15) is 0 Å². The average Bonchev–Trinajstić information content (AvgIpc) is 3.29. The Morgan fingerprint density at radius 1 is 1.16 bits per heavy atom. The monoisotopic (exact) mass is 434 g/mol. The molecule has 0 radical (unpaired) electrons. The number of nitrogens with zero attached hydrogens (tertiary/aromatic N) is 2. The lowest BCUT2D eigenvalue weighted by molar-refractivity contribution is -0.135. The second-order valence-electron chi connectivity index (χ2n) is 7.91. The van der Waals surface area contributed by atoms with Crippen LogP contribution in [0.15, 0.2) is 48.5 Å². The van der Waals surface area contributed by atoms with Crippen LogP contribution in [0.25, 0.3) is 10.2 Å². The Bertz CT molecular complexity index is 1160. The minimum atomic E-state index is -1.05. The second kappa shape index (κ2) is 7.77. The van der Waals surface area contributed by atoms with E-state index in [1.807, 2.05) is 48.5 Å². The zero-order valence-corrected chi connectivity index (χ0v) is 17.7. The third kappa shape index (κ3) is 3.46. The van der Waals surface area contributed by atoms with Crippen molar-refractivity contribution in [2.75, 3.05) is 13.1 Å². The van der Waals surface area contributed by atoms with Crippen molar-refractivity contribution in [3.8, 4) is 0 Å². The molecule has 2 heterocycles. The molecule has 1 fully saturated rings. The Labute approximate surface area is 183 Å². The van der Waals surface area contributed by atoms with E-state index in [1.165, 1.54) is 0 Å². The van der Waals surface area contributed by atoms with Crippen LogP contribution >= 0.6 is 11.3 Å². The lowest BCUT2D eigenvalue weighted by Crippen LogP contribution is -2.47. The number of nitrogens with one attached hydrogen (secondary N) is 2. The first-order valence-electron chi connectivity index (χ1n) is 10.4. The predicted octanol–water partition coefficient (Wildman–Crippen LogP) is 2.74. The third-order valence-electron chi connectivity index (χ3n) is 5.95. The van der Waals surface area contributed by atoms with Crippen molar-refractivity contribution in [1.82, 2.24) is 20.5 Å². The summed E-state index contributed by atoms with van der Waals surface area (Å²) < 4.78 is 1.11. The Morgan fingerprint density at radius 2 is 1.97 bits per heavy atom. The quantitative estimate of drug-likeness (QED) is 0.604. The summed E-state index contributed by atoms with van der Waals surface area (Å²) in [6.07, 6.45) is 2.84. The Balaban J connectivity index is 1.22. The summed E-state index contributed by atoms with van der Waals surface area (Å²) in [5.41, 5.74) is 1.82. The fraction of sp³-hybridized carbons (Fsp3) is 0.304. The summed E-state index contributed by atoms with van der Waals surface area (Å²) >= 11 is 1.60. The van der Waals surface area contributed by atoms with Gasteiger partial charge in [-0.25, -0.2) is 9.78 Å². The summed E-state index contributed by atoms with van der Waals surface area (Å²) in [7, 11) is 0. The van der Waals surface area contributed by atoms with Crippen LogP contribution in [0.5, 0.6) is 0 Å². The van der Waals surface area contributed by atoms with E-state index in [-0.39, 0.29) is 18.4 Å². The maximum atomic E-state index is 13.2. The number of rotatable bonds is 5. The molecule has 1 atom stereocenters. The minimum absolute atomic E-state index is 0.283. The summed E-state index contributed by atoms with van der Waals surface area (Å²) in [4.78, 5) is 43.9. The number of urea groups is 1. The first-order chi connectivity index (χ1) is 15.1. The number of benzene rings is 2. The lowest BCUT2D eigenvalue weighted by atomic mass is 9.76. The van der Waals surface area contributed by atoms with Crippen LogP contribution in [0, 0.1) is 0 Å². The molecule has 2 N–H and O–H groups in total. The highest BCUT2D eigenvalue weighted by Crippen LogP contribution is 2.39. The summed E-state index contributed by atoms with van der Waals surface area (Å²) in [6.45, 7) is 0.116. The number of carbonyl (C=O) groups is 3. The van der Waals surface area contributed by atoms with Gasteiger partial charge in [0.1, 0.15) is 12.1 Å². The molecular formula is C23H22N4O3S. The van der Waals surface area contributed by atoms with Crippen molar-refractivity contribution < 1.29 is 14.4 Å². The summed E-state index contributed by atoms with van der Waals surface area (Å²) in [5, 5.41) is 6.62. The highest BCUT2D eigenvalue weighted by Gasteiger charge is 2.54. The zero-order valence-electron chi connectivity index (χ0n) is 16.9. The van der Waals surface area contributed by atoms with Gasteiger partial charge in [0.15, 0.2) is 0 Å². The number of carbonyl (C=O) groups excluding carboxylic acids is 3. The van der Waals surface area contributed by atoms with Gasteiger partial charge in [0.25, 0.3) is 5.91 Å². The Morgan fingerprint density at radius 3 is 2.84 bits per heavy atom. The van der Waals surface area contributed by atoms with E-state index >= 15 is 0 Å². The van der Waals surface area contributed by atoms with E-state index in [0.717, 1.165) is 44.1 Å². The van der Waals surface area contributed by atoms with E-state index in [2.05, 4.69) is 15.6 Å². The number of imide groups is 1. The number of thiazole rings is 1. The SMILES string of the molecule is O=C(CN1C(=O)NC2(CCCc3ccccc32)C1=O)NCCc1nc2ccccc2s1. The van der Waals surface area contributed by atoms with Gasteiger partial charge in [-0.15, -0.1) is 11.3 Å². The van der Waals surface area contributed by atoms with Crippen molar-refractivity contribution in [2.45, 2.75) is 31.2 Å². The Kier molecular flexibility index (Phi) is 4.94. The predicted molar refractivity (Wildman–Crippen MR) is 118 cm³/mol. The maximum absolute atomic E-state index is 13.2. The number of hydrogen-bond donors (Lipinski definition) is 2. The third-order valence-corrected chi connectivity index (χ3v) is 7.05. The van der Waals surface area contributed by atoms with Crippen LogP contribution in [0.2, 0.25) is 0 Å². The topological polar surface area (TPSA) is 91.4 Å². The van der Waals surface area contributed by atoms with Crippen LogP contribution in [-0.2, 0) is 28.0 Å². The standard InChI is InChI=1S/C23H22N4O3S/c28-19(24-13-11-20-25-17-9-3-4-10-18(17)31-20)14-27-21(29)23(26-22(27)30)12-5-7-15-6-1-2-8-16(15)23/h1-4,6,8-10H,5,7,11-14H2,(H,24,28)(H,26,30). The van der Waals surface area contributed by atoms with E-state index < -0.39 is 11.6 Å². The highest BCUT2D eigenvalue weighted by molar-refractivity contribution is 7.18.